The Hall–Kier alpha value is -2.74. The van der Waals surface area contributed by atoms with Gasteiger partial charge in [0, 0.05) is 16.8 Å². The van der Waals surface area contributed by atoms with Crippen LogP contribution in [-0.4, -0.2) is 5.78 Å². The van der Waals surface area contributed by atoms with Gasteiger partial charge in [-0.05, 0) is 30.2 Å². The highest BCUT2D eigenvalue weighted by Crippen LogP contribution is 2.31. The zero-order chi connectivity index (χ0) is 15.5. The van der Waals surface area contributed by atoms with E-state index in [0.717, 1.165) is 12.1 Å². The molecule has 0 radical (unpaired) electrons. The minimum absolute atomic E-state index is 0.363. The molecule has 2 aromatic carbocycles. The predicted octanol–water partition coefficient (Wildman–Crippen LogP) is 3.52. The van der Waals surface area contributed by atoms with Crippen LogP contribution in [0.15, 0.2) is 48.5 Å². The van der Waals surface area contributed by atoms with Gasteiger partial charge in [0.15, 0.2) is 0 Å². The minimum Gasteiger partial charge on any atom is -0.398 e. The summed E-state index contributed by atoms with van der Waals surface area (Å²) in [5.74, 6) is 3.80. The molecule has 2 aromatic rings. The number of nitrogens with two attached hydrogens (primary N) is 1. The first-order chi connectivity index (χ1) is 9.89. The maximum Gasteiger partial charge on any atom is 0.417 e. The van der Waals surface area contributed by atoms with Gasteiger partial charge in [0.1, 0.15) is 0 Å². The largest absolute Gasteiger partial charge is 0.417 e. The third-order valence-electron chi connectivity index (χ3n) is 2.75. The number of nitrogen functional groups attached to an aromatic ring is 1. The van der Waals surface area contributed by atoms with E-state index in [0.29, 0.717) is 11.3 Å². The predicted molar refractivity (Wildman–Crippen MR) is 73.5 cm³/mol. The quantitative estimate of drug-likeness (QED) is 0.496. The summed E-state index contributed by atoms with van der Waals surface area (Å²) in [4.78, 5) is 11.9. The summed E-state index contributed by atoms with van der Waals surface area (Å²) in [6.07, 6.45) is -4.60. The van der Waals surface area contributed by atoms with E-state index >= 15 is 0 Å². The monoisotopic (exact) mass is 289 g/mol. The Morgan fingerprint density at radius 1 is 1.00 bits per heavy atom. The lowest BCUT2D eigenvalue weighted by Gasteiger charge is -2.09. The van der Waals surface area contributed by atoms with E-state index < -0.39 is 23.1 Å². The van der Waals surface area contributed by atoms with Gasteiger partial charge in [-0.15, -0.1) is 0 Å². The molecule has 0 bridgehead atoms. The second-order valence-corrected chi connectivity index (χ2v) is 4.21. The third-order valence-corrected chi connectivity index (χ3v) is 2.75. The molecule has 2 N–H and O–H groups in total. The van der Waals surface area contributed by atoms with Gasteiger partial charge in [-0.25, -0.2) is 0 Å². The van der Waals surface area contributed by atoms with E-state index in [1.165, 1.54) is 12.1 Å². The van der Waals surface area contributed by atoms with Crippen LogP contribution in [-0.2, 0) is 6.18 Å². The molecule has 0 atom stereocenters. The number of Topliss-reactive ketones (excluding diaryl/α,β-unsaturated/α-hetero) is 1. The Balaban J connectivity index is 2.38. The number of alkyl halides is 3. The number of carbonyl (C=O) groups is 1. The van der Waals surface area contributed by atoms with Crippen LogP contribution in [0.4, 0.5) is 18.9 Å². The molecule has 2 nitrogen and oxygen atoms in total. The molecule has 21 heavy (non-hydrogen) atoms. The third kappa shape index (κ3) is 3.42. The van der Waals surface area contributed by atoms with Crippen molar-refractivity contribution in [1.82, 2.24) is 0 Å². The molecule has 0 amide bonds. The first kappa shape index (κ1) is 14.7. The van der Waals surface area contributed by atoms with Gasteiger partial charge in [-0.1, -0.05) is 30.2 Å². The van der Waals surface area contributed by atoms with Gasteiger partial charge in [0.05, 0.1) is 5.56 Å². The smallest absolute Gasteiger partial charge is 0.398 e. The summed E-state index contributed by atoms with van der Waals surface area (Å²) in [5, 5.41) is 0. The van der Waals surface area contributed by atoms with Crippen LogP contribution in [0.2, 0.25) is 0 Å². The summed E-state index contributed by atoms with van der Waals surface area (Å²) < 4.78 is 38.4. The average molecular weight is 289 g/mol. The second-order valence-electron chi connectivity index (χ2n) is 4.21. The molecule has 0 aliphatic heterocycles. The summed E-state index contributed by atoms with van der Waals surface area (Å²) in [6.45, 7) is 0. The van der Waals surface area contributed by atoms with Gasteiger partial charge in [-0.2, -0.15) is 13.2 Å². The summed E-state index contributed by atoms with van der Waals surface area (Å²) >= 11 is 0. The van der Waals surface area contributed by atoms with Gasteiger partial charge < -0.3 is 5.73 Å². The van der Waals surface area contributed by atoms with Gasteiger partial charge >= 0.3 is 6.18 Å². The highest BCUT2D eigenvalue weighted by Gasteiger charge is 2.34. The van der Waals surface area contributed by atoms with Crippen molar-refractivity contribution in [3.63, 3.8) is 0 Å². The Morgan fingerprint density at radius 2 is 1.62 bits per heavy atom. The van der Waals surface area contributed by atoms with Crippen LogP contribution in [0, 0.1) is 11.8 Å². The van der Waals surface area contributed by atoms with Crippen molar-refractivity contribution in [3.05, 3.63) is 65.2 Å². The van der Waals surface area contributed by atoms with Crippen LogP contribution >= 0.6 is 0 Å². The molecular weight excluding hydrogens is 279 g/mol. The molecule has 0 unspecified atom stereocenters. The first-order valence-corrected chi connectivity index (χ1v) is 5.96. The van der Waals surface area contributed by atoms with Crippen LogP contribution in [0.5, 0.6) is 0 Å². The van der Waals surface area contributed by atoms with Gasteiger partial charge in [-0.3, -0.25) is 4.79 Å². The molecule has 5 heteroatoms. The van der Waals surface area contributed by atoms with Crippen LogP contribution < -0.4 is 5.73 Å². The van der Waals surface area contributed by atoms with Crippen molar-refractivity contribution in [2.75, 3.05) is 5.73 Å². The Kier molecular flexibility index (Phi) is 3.99. The number of benzene rings is 2. The molecule has 0 heterocycles. The molecule has 0 aliphatic carbocycles. The Labute approximate surface area is 119 Å². The standard InChI is InChI=1S/C16H10F3NO/c17-16(18,19)13-7-3-2-6-12(13)15(21)10-9-11-5-1-4-8-14(11)20/h1-8H,20H2. The molecule has 0 aromatic heterocycles. The molecule has 2 rings (SSSR count). The summed E-state index contributed by atoms with van der Waals surface area (Å²) in [6, 6.07) is 11.1. The van der Waals surface area contributed by atoms with Crippen molar-refractivity contribution >= 4 is 11.5 Å². The number of rotatable bonds is 1. The number of ketones is 1. The van der Waals surface area contributed by atoms with E-state index in [-0.39, 0.29) is 0 Å². The summed E-state index contributed by atoms with van der Waals surface area (Å²) in [7, 11) is 0. The van der Waals surface area contributed by atoms with Crippen LogP contribution in [0.25, 0.3) is 0 Å². The molecular formula is C16H10F3NO. The molecule has 0 fully saturated rings. The average Bonchev–Trinajstić information content (AvgIpc) is 2.45. The molecule has 0 saturated heterocycles. The lowest BCUT2D eigenvalue weighted by molar-refractivity contribution is -0.137. The second kappa shape index (κ2) is 5.71. The minimum atomic E-state index is -4.60. The lowest BCUT2D eigenvalue weighted by Crippen LogP contribution is -2.12. The molecule has 0 saturated carbocycles. The van der Waals surface area contributed by atoms with E-state index in [1.807, 2.05) is 0 Å². The fourth-order valence-corrected chi connectivity index (χ4v) is 1.73. The van der Waals surface area contributed by atoms with Crippen molar-refractivity contribution in [3.8, 4) is 11.8 Å². The SMILES string of the molecule is Nc1ccccc1C#CC(=O)c1ccccc1C(F)(F)F. The van der Waals surface area contributed by atoms with Gasteiger partial charge in [0.25, 0.3) is 0 Å². The molecule has 0 spiro atoms. The molecule has 106 valence electrons. The number of para-hydroxylation sites is 1. The van der Waals surface area contributed by atoms with Crippen LogP contribution in [0.3, 0.4) is 0 Å². The topological polar surface area (TPSA) is 43.1 Å². The number of anilines is 1. The van der Waals surface area contributed by atoms with Crippen molar-refractivity contribution in [2.24, 2.45) is 0 Å². The Morgan fingerprint density at radius 3 is 2.29 bits per heavy atom. The van der Waals surface area contributed by atoms with Crippen molar-refractivity contribution < 1.29 is 18.0 Å². The van der Waals surface area contributed by atoms with E-state index in [2.05, 4.69) is 11.8 Å². The maximum atomic E-state index is 12.8. The highest BCUT2D eigenvalue weighted by molar-refractivity contribution is 6.10. The number of halogens is 3. The number of carbonyl (C=O) groups excluding carboxylic acids is 1. The fourth-order valence-electron chi connectivity index (χ4n) is 1.73. The highest BCUT2D eigenvalue weighted by atomic mass is 19.4. The zero-order valence-electron chi connectivity index (χ0n) is 10.7. The van der Waals surface area contributed by atoms with E-state index in [4.69, 9.17) is 5.73 Å². The van der Waals surface area contributed by atoms with E-state index in [1.54, 1.807) is 24.3 Å². The lowest BCUT2D eigenvalue weighted by atomic mass is 10.0. The van der Waals surface area contributed by atoms with Gasteiger partial charge in [0.2, 0.25) is 5.78 Å². The summed E-state index contributed by atoms with van der Waals surface area (Å²) in [5.41, 5.74) is 4.95. The number of hydrogen-bond donors (Lipinski definition) is 1. The Bertz CT molecular complexity index is 739. The maximum absolute atomic E-state index is 12.8. The first-order valence-electron chi connectivity index (χ1n) is 5.96. The van der Waals surface area contributed by atoms with Crippen molar-refractivity contribution in [1.29, 1.82) is 0 Å². The number of hydrogen-bond acceptors (Lipinski definition) is 2. The van der Waals surface area contributed by atoms with Crippen molar-refractivity contribution in [2.45, 2.75) is 6.18 Å². The zero-order valence-corrected chi connectivity index (χ0v) is 10.7. The normalized spacial score (nSPS) is 10.6. The fraction of sp³-hybridized carbons (Fsp3) is 0.0625. The molecule has 0 aliphatic rings. The van der Waals surface area contributed by atoms with Crippen LogP contribution in [0.1, 0.15) is 21.5 Å². The van der Waals surface area contributed by atoms with E-state index in [9.17, 15) is 18.0 Å².